The number of nitrogens with zero attached hydrogens (tertiary/aromatic N) is 1. The van der Waals surface area contributed by atoms with E-state index in [1.807, 2.05) is 37.3 Å². The highest BCUT2D eigenvalue weighted by Crippen LogP contribution is 2.11. The Bertz CT molecular complexity index is 394. The maximum atomic E-state index is 12.0. The Morgan fingerprint density at radius 1 is 1.39 bits per heavy atom. The number of ether oxygens (including phenoxy) is 1. The Morgan fingerprint density at radius 2 is 2.11 bits per heavy atom. The summed E-state index contributed by atoms with van der Waals surface area (Å²) in [5.74, 6) is 0. The van der Waals surface area contributed by atoms with Crippen molar-refractivity contribution in [3.05, 3.63) is 35.9 Å². The smallest absolute Gasteiger partial charge is 0.410 e. The number of benzene rings is 1. The molecule has 0 bridgehead atoms. The summed E-state index contributed by atoms with van der Waals surface area (Å²) in [6, 6.07) is 10.2. The quantitative estimate of drug-likeness (QED) is 0.870. The van der Waals surface area contributed by atoms with Crippen LogP contribution < -0.4 is 5.32 Å². The van der Waals surface area contributed by atoms with Gasteiger partial charge in [0.1, 0.15) is 6.61 Å². The third-order valence-electron chi connectivity index (χ3n) is 3.47. The molecule has 4 nitrogen and oxygen atoms in total. The highest BCUT2D eigenvalue weighted by molar-refractivity contribution is 5.68. The van der Waals surface area contributed by atoms with Gasteiger partial charge in [-0.1, -0.05) is 30.3 Å². The molecule has 2 atom stereocenters. The standard InChI is InChI=1S/C14H20N2O2/c1-11-12(2)16(9-8-15-11)14(17)18-10-13-6-4-3-5-7-13/h3-7,11-12,15H,8-10H2,1-2H3/t11-,12+/m1/s1. The van der Waals surface area contributed by atoms with Crippen molar-refractivity contribution in [2.24, 2.45) is 0 Å². The van der Waals surface area contributed by atoms with E-state index in [1.54, 1.807) is 4.90 Å². The van der Waals surface area contributed by atoms with Crippen molar-refractivity contribution in [2.45, 2.75) is 32.5 Å². The SMILES string of the molecule is C[C@H]1NCCN(C(=O)OCc2ccccc2)[C@H]1C. The Labute approximate surface area is 108 Å². The zero-order chi connectivity index (χ0) is 13.0. The lowest BCUT2D eigenvalue weighted by atomic mass is 10.1. The molecule has 1 aliphatic heterocycles. The predicted molar refractivity (Wildman–Crippen MR) is 70.3 cm³/mol. The van der Waals surface area contributed by atoms with Crippen LogP contribution in [0.25, 0.3) is 0 Å². The van der Waals surface area contributed by atoms with Gasteiger partial charge in [-0.25, -0.2) is 4.79 Å². The third kappa shape index (κ3) is 3.01. The maximum absolute atomic E-state index is 12.0. The minimum atomic E-state index is -0.222. The van der Waals surface area contributed by atoms with Crippen molar-refractivity contribution >= 4 is 6.09 Å². The Kier molecular flexibility index (Phi) is 4.20. The van der Waals surface area contributed by atoms with E-state index in [9.17, 15) is 4.79 Å². The molecule has 0 aromatic heterocycles. The molecular weight excluding hydrogens is 228 g/mol. The molecule has 0 saturated carbocycles. The summed E-state index contributed by atoms with van der Waals surface area (Å²) in [6.07, 6.45) is -0.222. The Hall–Kier alpha value is -1.55. The van der Waals surface area contributed by atoms with Crippen LogP contribution in [0.2, 0.25) is 0 Å². The van der Waals surface area contributed by atoms with Gasteiger partial charge in [-0.05, 0) is 19.4 Å². The number of nitrogens with one attached hydrogen (secondary N) is 1. The highest BCUT2D eigenvalue weighted by Gasteiger charge is 2.28. The van der Waals surface area contributed by atoms with Crippen molar-refractivity contribution < 1.29 is 9.53 Å². The van der Waals surface area contributed by atoms with E-state index in [-0.39, 0.29) is 12.1 Å². The number of carbonyl (C=O) groups is 1. The van der Waals surface area contributed by atoms with E-state index in [4.69, 9.17) is 4.74 Å². The molecule has 1 fully saturated rings. The van der Waals surface area contributed by atoms with E-state index < -0.39 is 0 Å². The predicted octanol–water partition coefficient (Wildman–Crippen LogP) is 2.01. The summed E-state index contributed by atoms with van der Waals surface area (Å²) in [5.41, 5.74) is 1.02. The van der Waals surface area contributed by atoms with Crippen LogP contribution in [-0.4, -0.2) is 36.2 Å². The van der Waals surface area contributed by atoms with Gasteiger partial charge < -0.3 is 15.0 Å². The fraction of sp³-hybridized carbons (Fsp3) is 0.500. The summed E-state index contributed by atoms with van der Waals surface area (Å²) in [4.78, 5) is 13.8. The normalized spacial score (nSPS) is 23.8. The zero-order valence-corrected chi connectivity index (χ0v) is 10.9. The van der Waals surface area contributed by atoms with Crippen LogP contribution in [0.3, 0.4) is 0 Å². The first kappa shape index (κ1) is 12.9. The van der Waals surface area contributed by atoms with Gasteiger partial charge in [-0.2, -0.15) is 0 Å². The molecule has 18 heavy (non-hydrogen) atoms. The summed E-state index contributed by atoms with van der Waals surface area (Å²) < 4.78 is 5.35. The fourth-order valence-electron chi connectivity index (χ4n) is 2.12. The van der Waals surface area contributed by atoms with Gasteiger partial charge in [-0.3, -0.25) is 0 Å². The van der Waals surface area contributed by atoms with Crippen LogP contribution in [0, 0.1) is 0 Å². The Balaban J connectivity index is 1.88. The molecule has 2 rings (SSSR count). The van der Waals surface area contributed by atoms with Crippen LogP contribution in [0.4, 0.5) is 4.79 Å². The molecule has 98 valence electrons. The molecular formula is C14H20N2O2. The second kappa shape index (κ2) is 5.87. The largest absolute Gasteiger partial charge is 0.445 e. The highest BCUT2D eigenvalue weighted by atomic mass is 16.6. The van der Waals surface area contributed by atoms with E-state index in [2.05, 4.69) is 12.2 Å². The molecule has 0 spiro atoms. The van der Waals surface area contributed by atoms with Crippen molar-refractivity contribution in [3.63, 3.8) is 0 Å². The molecule has 0 aliphatic carbocycles. The summed E-state index contributed by atoms with van der Waals surface area (Å²) in [7, 11) is 0. The molecule has 1 aromatic carbocycles. The van der Waals surface area contributed by atoms with Crippen molar-refractivity contribution in [2.75, 3.05) is 13.1 Å². The van der Waals surface area contributed by atoms with E-state index in [0.29, 0.717) is 19.2 Å². The average molecular weight is 248 g/mol. The molecule has 1 amide bonds. The summed E-state index contributed by atoms with van der Waals surface area (Å²) >= 11 is 0. The number of amides is 1. The molecule has 1 saturated heterocycles. The molecule has 1 N–H and O–H groups in total. The topological polar surface area (TPSA) is 41.6 Å². The van der Waals surface area contributed by atoms with Gasteiger partial charge in [0.25, 0.3) is 0 Å². The van der Waals surface area contributed by atoms with Gasteiger partial charge in [-0.15, -0.1) is 0 Å². The van der Waals surface area contributed by atoms with Crippen LogP contribution in [-0.2, 0) is 11.3 Å². The number of rotatable bonds is 2. The number of hydrogen-bond donors (Lipinski definition) is 1. The molecule has 1 aromatic rings. The monoisotopic (exact) mass is 248 g/mol. The van der Waals surface area contributed by atoms with Crippen molar-refractivity contribution in [1.29, 1.82) is 0 Å². The minimum absolute atomic E-state index is 0.169. The second-order valence-corrected chi connectivity index (χ2v) is 4.72. The van der Waals surface area contributed by atoms with Gasteiger partial charge in [0.05, 0.1) is 0 Å². The second-order valence-electron chi connectivity index (χ2n) is 4.72. The lowest BCUT2D eigenvalue weighted by molar-refractivity contribution is 0.0662. The van der Waals surface area contributed by atoms with E-state index in [0.717, 1.165) is 12.1 Å². The first-order chi connectivity index (χ1) is 8.68. The number of carbonyl (C=O) groups excluding carboxylic acids is 1. The van der Waals surface area contributed by atoms with Gasteiger partial charge in [0, 0.05) is 25.2 Å². The van der Waals surface area contributed by atoms with E-state index in [1.165, 1.54) is 0 Å². The van der Waals surface area contributed by atoms with Crippen molar-refractivity contribution in [3.8, 4) is 0 Å². The first-order valence-electron chi connectivity index (χ1n) is 6.39. The van der Waals surface area contributed by atoms with Crippen LogP contribution in [0.1, 0.15) is 19.4 Å². The average Bonchev–Trinajstić information content (AvgIpc) is 2.40. The molecule has 0 unspecified atom stereocenters. The Morgan fingerprint density at radius 3 is 2.83 bits per heavy atom. The minimum Gasteiger partial charge on any atom is -0.445 e. The molecule has 4 heteroatoms. The molecule has 0 radical (unpaired) electrons. The lowest BCUT2D eigenvalue weighted by Crippen LogP contribution is -2.57. The van der Waals surface area contributed by atoms with Gasteiger partial charge in [0.15, 0.2) is 0 Å². The summed E-state index contributed by atoms with van der Waals surface area (Å²) in [6.45, 7) is 6.00. The van der Waals surface area contributed by atoms with Crippen LogP contribution in [0.5, 0.6) is 0 Å². The van der Waals surface area contributed by atoms with Gasteiger partial charge >= 0.3 is 6.09 Å². The lowest BCUT2D eigenvalue weighted by Gasteiger charge is -2.37. The molecule has 1 heterocycles. The van der Waals surface area contributed by atoms with Gasteiger partial charge in [0.2, 0.25) is 0 Å². The van der Waals surface area contributed by atoms with E-state index >= 15 is 0 Å². The third-order valence-corrected chi connectivity index (χ3v) is 3.47. The number of hydrogen-bond acceptors (Lipinski definition) is 3. The molecule has 1 aliphatic rings. The summed E-state index contributed by atoms with van der Waals surface area (Å²) in [5, 5.41) is 3.34. The van der Waals surface area contributed by atoms with Crippen LogP contribution in [0.15, 0.2) is 30.3 Å². The maximum Gasteiger partial charge on any atom is 0.410 e. The van der Waals surface area contributed by atoms with Crippen molar-refractivity contribution in [1.82, 2.24) is 10.2 Å². The zero-order valence-electron chi connectivity index (χ0n) is 10.9. The van der Waals surface area contributed by atoms with Crippen LogP contribution >= 0.6 is 0 Å². The fourth-order valence-corrected chi connectivity index (χ4v) is 2.12. The first-order valence-corrected chi connectivity index (χ1v) is 6.39. The number of piperazine rings is 1.